The van der Waals surface area contributed by atoms with Crippen molar-refractivity contribution in [1.82, 2.24) is 0 Å². The highest BCUT2D eigenvalue weighted by atomic mass is 16.6. The molecule has 0 aromatic heterocycles. The van der Waals surface area contributed by atoms with Gasteiger partial charge in [-0.15, -0.1) is 0 Å². The normalized spacial score (nSPS) is 16.3. The summed E-state index contributed by atoms with van der Waals surface area (Å²) >= 11 is 0. The summed E-state index contributed by atoms with van der Waals surface area (Å²) in [6, 6.07) is 4.61. The fourth-order valence-electron chi connectivity index (χ4n) is 1.68. The van der Waals surface area contributed by atoms with Crippen LogP contribution < -0.4 is 5.32 Å². The number of carboxylic acids is 1. The number of nitrogens with one attached hydrogen (secondary N) is 1. The lowest BCUT2D eigenvalue weighted by Gasteiger charge is -2.14. The highest BCUT2D eigenvalue weighted by Crippen LogP contribution is 2.41. The van der Waals surface area contributed by atoms with Gasteiger partial charge in [-0.25, -0.2) is 4.79 Å². The Morgan fingerprint density at radius 3 is 2.65 bits per heavy atom. The Labute approximate surface area is 97.4 Å². The summed E-state index contributed by atoms with van der Waals surface area (Å²) in [7, 11) is 0. The van der Waals surface area contributed by atoms with Crippen LogP contribution in [0.4, 0.5) is 11.4 Å². The maximum Gasteiger partial charge on any atom is 0.329 e. The van der Waals surface area contributed by atoms with Crippen molar-refractivity contribution in [2.75, 3.05) is 5.32 Å². The maximum atomic E-state index is 11.0. The zero-order chi connectivity index (χ0) is 12.6. The average molecular weight is 236 g/mol. The minimum atomic E-state index is -1.02. The number of rotatable bonds is 4. The van der Waals surface area contributed by atoms with Crippen LogP contribution >= 0.6 is 0 Å². The molecule has 0 spiro atoms. The smallest absolute Gasteiger partial charge is 0.329 e. The van der Waals surface area contributed by atoms with Gasteiger partial charge in [0.15, 0.2) is 0 Å². The van der Waals surface area contributed by atoms with Gasteiger partial charge in [-0.1, -0.05) is 6.07 Å². The molecule has 0 atom stereocenters. The lowest BCUT2D eigenvalue weighted by atomic mass is 10.1. The van der Waals surface area contributed by atoms with Crippen molar-refractivity contribution in [3.05, 3.63) is 33.9 Å². The third-order valence-electron chi connectivity index (χ3n) is 2.88. The van der Waals surface area contributed by atoms with Crippen LogP contribution in [0.3, 0.4) is 0 Å². The second kappa shape index (κ2) is 3.73. The van der Waals surface area contributed by atoms with Crippen molar-refractivity contribution in [3.63, 3.8) is 0 Å². The number of nitro groups is 1. The standard InChI is InChI=1S/C11H12N2O4/c1-7-2-3-9(13(16)17)8(6-7)12-11(4-5-11)10(14)15/h2-3,6,12H,4-5H2,1H3,(H,14,15). The fraction of sp³-hybridized carbons (Fsp3) is 0.364. The van der Waals surface area contributed by atoms with E-state index in [1.165, 1.54) is 6.07 Å². The highest BCUT2D eigenvalue weighted by Gasteiger charge is 2.51. The third kappa shape index (κ3) is 2.06. The number of carbonyl (C=O) groups is 1. The molecule has 2 N–H and O–H groups in total. The molecule has 17 heavy (non-hydrogen) atoms. The molecule has 1 aromatic carbocycles. The molecule has 2 rings (SSSR count). The van der Waals surface area contributed by atoms with Crippen molar-refractivity contribution >= 4 is 17.3 Å². The number of nitrogens with zero attached hydrogens (tertiary/aromatic N) is 1. The Morgan fingerprint density at radius 2 is 2.18 bits per heavy atom. The predicted octanol–water partition coefficient (Wildman–Crippen LogP) is 1.93. The molecular weight excluding hydrogens is 224 g/mol. The molecule has 0 unspecified atom stereocenters. The van der Waals surface area contributed by atoms with E-state index in [0.717, 1.165) is 5.56 Å². The van der Waals surface area contributed by atoms with Crippen LogP contribution in [0, 0.1) is 17.0 Å². The van der Waals surface area contributed by atoms with Crippen LogP contribution in [0.15, 0.2) is 18.2 Å². The highest BCUT2D eigenvalue weighted by molar-refractivity contribution is 5.87. The van der Waals surface area contributed by atoms with Crippen molar-refractivity contribution in [2.45, 2.75) is 25.3 Å². The van der Waals surface area contributed by atoms with Gasteiger partial charge in [0.25, 0.3) is 5.69 Å². The number of benzene rings is 1. The minimum absolute atomic E-state index is 0.0943. The lowest BCUT2D eigenvalue weighted by Crippen LogP contribution is -2.31. The summed E-state index contributed by atoms with van der Waals surface area (Å²) in [4.78, 5) is 21.3. The Morgan fingerprint density at radius 1 is 1.53 bits per heavy atom. The van der Waals surface area contributed by atoms with E-state index >= 15 is 0 Å². The average Bonchev–Trinajstić information content (AvgIpc) is 2.98. The quantitative estimate of drug-likeness (QED) is 0.615. The number of hydrogen-bond donors (Lipinski definition) is 2. The molecule has 90 valence electrons. The Kier molecular flexibility index (Phi) is 2.49. The molecule has 0 aliphatic heterocycles. The van der Waals surface area contributed by atoms with Gasteiger partial charge in [0.2, 0.25) is 0 Å². The van der Waals surface area contributed by atoms with Crippen LogP contribution in [0.25, 0.3) is 0 Å². The van der Waals surface area contributed by atoms with Crippen LogP contribution in [0.1, 0.15) is 18.4 Å². The van der Waals surface area contributed by atoms with Gasteiger partial charge in [-0.2, -0.15) is 0 Å². The molecule has 6 nitrogen and oxygen atoms in total. The molecule has 6 heteroatoms. The molecular formula is C11H12N2O4. The van der Waals surface area contributed by atoms with E-state index in [9.17, 15) is 14.9 Å². The second-order valence-corrected chi connectivity index (χ2v) is 4.29. The summed E-state index contributed by atoms with van der Waals surface area (Å²) in [6.45, 7) is 1.80. The van der Waals surface area contributed by atoms with Crippen molar-refractivity contribution in [1.29, 1.82) is 0 Å². The van der Waals surface area contributed by atoms with Gasteiger partial charge in [-0.05, 0) is 31.4 Å². The molecule has 0 heterocycles. The zero-order valence-electron chi connectivity index (χ0n) is 9.27. The van der Waals surface area contributed by atoms with E-state index in [1.54, 1.807) is 19.1 Å². The van der Waals surface area contributed by atoms with Gasteiger partial charge in [0.05, 0.1) is 4.92 Å². The Hall–Kier alpha value is -2.11. The van der Waals surface area contributed by atoms with E-state index in [0.29, 0.717) is 12.8 Å². The first-order valence-electron chi connectivity index (χ1n) is 5.21. The molecule has 0 bridgehead atoms. The van der Waals surface area contributed by atoms with Gasteiger partial charge in [0, 0.05) is 6.07 Å². The molecule has 1 aromatic rings. The minimum Gasteiger partial charge on any atom is -0.480 e. The number of anilines is 1. The van der Waals surface area contributed by atoms with Crippen LogP contribution in [-0.4, -0.2) is 21.5 Å². The second-order valence-electron chi connectivity index (χ2n) is 4.29. The Bertz CT molecular complexity index is 494. The predicted molar refractivity (Wildman–Crippen MR) is 61.1 cm³/mol. The maximum absolute atomic E-state index is 11.0. The van der Waals surface area contributed by atoms with Gasteiger partial charge < -0.3 is 10.4 Å². The molecule has 1 fully saturated rings. The lowest BCUT2D eigenvalue weighted by molar-refractivity contribution is -0.384. The van der Waals surface area contributed by atoms with E-state index in [-0.39, 0.29) is 11.4 Å². The third-order valence-corrected chi connectivity index (χ3v) is 2.88. The summed E-state index contributed by atoms with van der Waals surface area (Å²) in [5, 5.41) is 22.6. The fourth-order valence-corrected chi connectivity index (χ4v) is 1.68. The first-order valence-corrected chi connectivity index (χ1v) is 5.21. The SMILES string of the molecule is Cc1ccc([N+](=O)[O-])c(NC2(C(=O)O)CC2)c1. The molecule has 1 aliphatic carbocycles. The van der Waals surface area contributed by atoms with E-state index in [4.69, 9.17) is 5.11 Å². The van der Waals surface area contributed by atoms with Crippen LogP contribution in [0.2, 0.25) is 0 Å². The monoisotopic (exact) mass is 236 g/mol. The van der Waals surface area contributed by atoms with Gasteiger partial charge in [0.1, 0.15) is 11.2 Å². The summed E-state index contributed by atoms with van der Waals surface area (Å²) < 4.78 is 0. The topological polar surface area (TPSA) is 92.5 Å². The van der Waals surface area contributed by atoms with E-state index < -0.39 is 16.4 Å². The molecule has 1 saturated carbocycles. The van der Waals surface area contributed by atoms with E-state index in [1.807, 2.05) is 0 Å². The van der Waals surface area contributed by atoms with Crippen molar-refractivity contribution in [3.8, 4) is 0 Å². The molecule has 0 saturated heterocycles. The van der Waals surface area contributed by atoms with Crippen molar-refractivity contribution in [2.24, 2.45) is 0 Å². The van der Waals surface area contributed by atoms with E-state index in [2.05, 4.69) is 5.32 Å². The molecule has 0 radical (unpaired) electrons. The molecule has 0 amide bonds. The zero-order valence-corrected chi connectivity index (χ0v) is 9.27. The van der Waals surface area contributed by atoms with Crippen LogP contribution in [0.5, 0.6) is 0 Å². The largest absolute Gasteiger partial charge is 0.480 e. The van der Waals surface area contributed by atoms with Crippen LogP contribution in [-0.2, 0) is 4.79 Å². The number of nitro benzene ring substituents is 1. The number of hydrogen-bond acceptors (Lipinski definition) is 4. The first kappa shape index (κ1) is 11.4. The Balaban J connectivity index is 2.35. The summed E-state index contributed by atoms with van der Waals surface area (Å²) in [5.41, 5.74) is 0.00997. The van der Waals surface area contributed by atoms with Gasteiger partial charge >= 0.3 is 5.97 Å². The number of aryl methyl sites for hydroxylation is 1. The summed E-state index contributed by atoms with van der Waals surface area (Å²) in [6.07, 6.45) is 0.987. The number of carboxylic acid groups (broad SMARTS) is 1. The molecule has 1 aliphatic rings. The first-order chi connectivity index (χ1) is 7.94. The number of aliphatic carboxylic acids is 1. The summed E-state index contributed by atoms with van der Waals surface area (Å²) in [5.74, 6) is -0.965. The van der Waals surface area contributed by atoms with Gasteiger partial charge in [-0.3, -0.25) is 10.1 Å². The van der Waals surface area contributed by atoms with Crippen molar-refractivity contribution < 1.29 is 14.8 Å².